The molecule has 0 bridgehead atoms. The van der Waals surface area contributed by atoms with Crippen molar-refractivity contribution in [1.82, 2.24) is 0 Å². The maximum absolute atomic E-state index is 3.69. The van der Waals surface area contributed by atoms with Crippen molar-refractivity contribution in [1.29, 1.82) is 0 Å². The van der Waals surface area contributed by atoms with E-state index in [0.29, 0.717) is 0 Å². The minimum atomic E-state index is 1.19. The van der Waals surface area contributed by atoms with Crippen LogP contribution in [-0.4, -0.2) is 0 Å². The highest BCUT2D eigenvalue weighted by Crippen LogP contribution is 2.39. The van der Waals surface area contributed by atoms with E-state index in [1.807, 2.05) is 0 Å². The maximum Gasteiger partial charge on any atom is 0.0257 e. The van der Waals surface area contributed by atoms with Crippen molar-refractivity contribution in [2.24, 2.45) is 0 Å². The largest absolute Gasteiger partial charge is 0.0610 e. The van der Waals surface area contributed by atoms with Gasteiger partial charge in [-0.25, -0.2) is 0 Å². The molecular formula is C17H11Br. The smallest absolute Gasteiger partial charge is 0.0257 e. The van der Waals surface area contributed by atoms with Crippen molar-refractivity contribution in [3.63, 3.8) is 0 Å². The summed E-state index contributed by atoms with van der Waals surface area (Å²) in [7, 11) is 0. The molecule has 0 saturated carbocycles. The van der Waals surface area contributed by atoms with Crippen LogP contribution < -0.4 is 0 Å². The van der Waals surface area contributed by atoms with Crippen LogP contribution >= 0.6 is 15.9 Å². The summed E-state index contributed by atoms with van der Waals surface area (Å²) >= 11 is 3.69. The van der Waals surface area contributed by atoms with Crippen molar-refractivity contribution >= 4 is 48.2 Å². The zero-order valence-electron chi connectivity index (χ0n) is 10.00. The third-order valence-corrected chi connectivity index (χ3v) is 4.44. The fourth-order valence-corrected chi connectivity index (χ4v) is 3.65. The molecule has 0 saturated heterocycles. The first-order chi connectivity index (χ1) is 8.75. The van der Waals surface area contributed by atoms with Gasteiger partial charge in [0.1, 0.15) is 0 Å². The lowest BCUT2D eigenvalue weighted by Gasteiger charge is -2.13. The Morgan fingerprint density at radius 1 is 0.722 bits per heavy atom. The van der Waals surface area contributed by atoms with E-state index < -0.39 is 0 Å². The molecule has 0 fully saturated rings. The summed E-state index contributed by atoms with van der Waals surface area (Å²) in [5.74, 6) is 0. The van der Waals surface area contributed by atoms with Gasteiger partial charge in [0.15, 0.2) is 0 Å². The summed E-state index contributed by atoms with van der Waals surface area (Å²) in [6, 6.07) is 17.6. The average molecular weight is 295 g/mol. The highest BCUT2D eigenvalue weighted by molar-refractivity contribution is 9.10. The molecule has 0 amide bonds. The summed E-state index contributed by atoms with van der Waals surface area (Å²) in [5.41, 5.74) is 1.33. The highest BCUT2D eigenvalue weighted by atomic mass is 79.9. The van der Waals surface area contributed by atoms with Crippen molar-refractivity contribution < 1.29 is 0 Å². The standard InChI is InChI=1S/C17H11Br/c1-10-9-13-4-2-3-11-5-6-12-7-8-14(18)15(10)17(12)16(11)13/h2-9H,1H3. The van der Waals surface area contributed by atoms with Crippen LogP contribution in [0.5, 0.6) is 0 Å². The normalized spacial score (nSPS) is 11.9. The van der Waals surface area contributed by atoms with Crippen molar-refractivity contribution in [2.75, 3.05) is 0 Å². The van der Waals surface area contributed by atoms with E-state index in [-0.39, 0.29) is 0 Å². The Bertz CT molecular complexity index is 890. The van der Waals surface area contributed by atoms with E-state index in [2.05, 4.69) is 71.4 Å². The second-order valence-corrected chi connectivity index (χ2v) is 5.71. The van der Waals surface area contributed by atoms with Gasteiger partial charge in [0.25, 0.3) is 0 Å². The summed E-state index contributed by atoms with van der Waals surface area (Å²) in [4.78, 5) is 0. The van der Waals surface area contributed by atoms with Crippen LogP contribution in [0.1, 0.15) is 5.56 Å². The van der Waals surface area contributed by atoms with Crippen molar-refractivity contribution in [2.45, 2.75) is 6.92 Å². The number of aryl methyl sites for hydroxylation is 1. The molecule has 1 heteroatoms. The van der Waals surface area contributed by atoms with Crippen LogP contribution in [-0.2, 0) is 0 Å². The quantitative estimate of drug-likeness (QED) is 0.367. The number of rotatable bonds is 0. The first-order valence-electron chi connectivity index (χ1n) is 6.08. The first-order valence-corrected chi connectivity index (χ1v) is 6.87. The third kappa shape index (κ3) is 1.20. The molecule has 0 atom stereocenters. The molecule has 0 aliphatic carbocycles. The molecule has 0 aliphatic rings. The fraction of sp³-hybridized carbons (Fsp3) is 0.0588. The highest BCUT2D eigenvalue weighted by Gasteiger charge is 2.11. The minimum Gasteiger partial charge on any atom is -0.0610 e. The molecule has 0 aromatic heterocycles. The Morgan fingerprint density at radius 2 is 1.39 bits per heavy atom. The zero-order chi connectivity index (χ0) is 12.3. The monoisotopic (exact) mass is 294 g/mol. The Kier molecular flexibility index (Phi) is 1.98. The summed E-state index contributed by atoms with van der Waals surface area (Å²) in [5, 5.41) is 8.09. The van der Waals surface area contributed by atoms with E-state index in [1.54, 1.807) is 0 Å². The summed E-state index contributed by atoms with van der Waals surface area (Å²) in [6.45, 7) is 2.19. The molecule has 4 aromatic carbocycles. The van der Waals surface area contributed by atoms with Gasteiger partial charge in [-0.1, -0.05) is 58.4 Å². The number of halogens is 1. The van der Waals surface area contributed by atoms with Gasteiger partial charge >= 0.3 is 0 Å². The lowest BCUT2D eigenvalue weighted by atomic mass is 9.92. The van der Waals surface area contributed by atoms with Crippen molar-refractivity contribution in [3.05, 3.63) is 58.6 Å². The molecule has 0 aliphatic heterocycles. The second kappa shape index (κ2) is 3.46. The molecule has 0 heterocycles. The molecule has 4 rings (SSSR count). The molecule has 4 aromatic rings. The SMILES string of the molecule is Cc1cc2cccc3ccc4ccc(Br)c1c4c32. The topological polar surface area (TPSA) is 0 Å². The van der Waals surface area contributed by atoms with Gasteiger partial charge in [-0.3, -0.25) is 0 Å². The van der Waals surface area contributed by atoms with E-state index in [0.717, 1.165) is 0 Å². The van der Waals surface area contributed by atoms with Gasteiger partial charge in [-0.05, 0) is 45.5 Å². The third-order valence-electron chi connectivity index (χ3n) is 3.77. The molecule has 0 unspecified atom stereocenters. The molecule has 18 heavy (non-hydrogen) atoms. The van der Waals surface area contributed by atoms with Crippen LogP contribution in [0, 0.1) is 6.92 Å². The van der Waals surface area contributed by atoms with Crippen LogP contribution in [0.2, 0.25) is 0 Å². The Labute approximate surface area is 114 Å². The maximum atomic E-state index is 3.69. The van der Waals surface area contributed by atoms with E-state index in [9.17, 15) is 0 Å². The zero-order valence-corrected chi connectivity index (χ0v) is 11.6. The average Bonchev–Trinajstić information content (AvgIpc) is 2.38. The van der Waals surface area contributed by atoms with Gasteiger partial charge in [0.2, 0.25) is 0 Å². The van der Waals surface area contributed by atoms with Crippen LogP contribution in [0.4, 0.5) is 0 Å². The van der Waals surface area contributed by atoms with E-state index >= 15 is 0 Å². The van der Waals surface area contributed by atoms with Crippen molar-refractivity contribution in [3.8, 4) is 0 Å². The van der Waals surface area contributed by atoms with E-state index in [1.165, 1.54) is 42.4 Å². The molecule has 0 N–H and O–H groups in total. The lowest BCUT2D eigenvalue weighted by Crippen LogP contribution is -1.87. The minimum absolute atomic E-state index is 1.19. The first kappa shape index (κ1) is 10.3. The van der Waals surface area contributed by atoms with E-state index in [4.69, 9.17) is 0 Å². The molecule has 0 spiro atoms. The number of benzene rings is 4. The van der Waals surface area contributed by atoms with Gasteiger partial charge < -0.3 is 0 Å². The van der Waals surface area contributed by atoms with Gasteiger partial charge in [-0.2, -0.15) is 0 Å². The van der Waals surface area contributed by atoms with Gasteiger partial charge in [0.05, 0.1) is 0 Å². The summed E-state index contributed by atoms with van der Waals surface area (Å²) in [6.07, 6.45) is 0. The number of hydrogen-bond acceptors (Lipinski definition) is 0. The van der Waals surface area contributed by atoms with Gasteiger partial charge in [-0.15, -0.1) is 0 Å². The number of hydrogen-bond donors (Lipinski definition) is 0. The predicted octanol–water partition coefficient (Wildman–Crippen LogP) is 5.65. The Morgan fingerprint density at radius 3 is 2.22 bits per heavy atom. The Balaban J connectivity index is 2.50. The van der Waals surface area contributed by atoms with Crippen LogP contribution in [0.15, 0.2) is 53.0 Å². The van der Waals surface area contributed by atoms with Crippen LogP contribution in [0.3, 0.4) is 0 Å². The summed E-state index contributed by atoms with van der Waals surface area (Å²) < 4.78 is 1.19. The second-order valence-electron chi connectivity index (χ2n) is 4.86. The molecule has 0 radical (unpaired) electrons. The fourth-order valence-electron chi connectivity index (χ4n) is 3.01. The van der Waals surface area contributed by atoms with Crippen LogP contribution in [0.25, 0.3) is 32.3 Å². The Hall–Kier alpha value is -1.60. The molecular weight excluding hydrogens is 284 g/mol. The van der Waals surface area contributed by atoms with Gasteiger partial charge in [0, 0.05) is 9.86 Å². The lowest BCUT2D eigenvalue weighted by molar-refractivity contribution is 1.55. The predicted molar refractivity (Wildman–Crippen MR) is 82.6 cm³/mol. The molecule has 86 valence electrons. The molecule has 0 nitrogen and oxygen atoms in total.